The summed E-state index contributed by atoms with van der Waals surface area (Å²) in [6.07, 6.45) is 4.10. The first-order valence-electron chi connectivity index (χ1n) is 9.42. The summed E-state index contributed by atoms with van der Waals surface area (Å²) in [7, 11) is 0. The highest BCUT2D eigenvalue weighted by molar-refractivity contribution is 6.33. The predicted octanol–water partition coefficient (Wildman–Crippen LogP) is 4.13. The van der Waals surface area contributed by atoms with Gasteiger partial charge in [0, 0.05) is 11.8 Å². The quantitative estimate of drug-likeness (QED) is 0.333. The molecule has 4 rings (SSSR count). The second-order valence-corrected chi connectivity index (χ2v) is 7.36. The molecule has 0 atom stereocenters. The number of hydrogen-bond acceptors (Lipinski definition) is 5. The van der Waals surface area contributed by atoms with Crippen LogP contribution in [-0.4, -0.2) is 30.4 Å². The number of nitrogens with one attached hydrogen (secondary N) is 1. The van der Waals surface area contributed by atoms with E-state index in [0.29, 0.717) is 18.7 Å². The first-order valence-corrected chi connectivity index (χ1v) is 9.80. The zero-order valence-electron chi connectivity index (χ0n) is 16.5. The fourth-order valence-electron chi connectivity index (χ4n) is 3.00. The zero-order valence-corrected chi connectivity index (χ0v) is 17.2. The Kier molecular flexibility index (Phi) is 5.95. The fraction of sp³-hybridized carbons (Fsp3) is 0.0952. The number of carbonyl (C=O) groups excluding carboxylic acids is 1. The Morgan fingerprint density at radius 2 is 1.66 bits per heavy atom. The number of aromatic nitrogens is 4. The van der Waals surface area contributed by atoms with Gasteiger partial charge in [0.1, 0.15) is 23.2 Å². The smallest absolute Gasteiger partial charge is 0.304 e. The van der Waals surface area contributed by atoms with Crippen LogP contribution in [0.2, 0.25) is 5.02 Å². The van der Waals surface area contributed by atoms with Crippen molar-refractivity contribution in [3.8, 4) is 0 Å². The average molecular weight is 455 g/mol. The lowest BCUT2D eigenvalue weighted by Gasteiger charge is -2.05. The van der Waals surface area contributed by atoms with Gasteiger partial charge in [-0.15, -0.1) is 0 Å². The van der Waals surface area contributed by atoms with Crippen molar-refractivity contribution >= 4 is 29.0 Å². The molecule has 0 saturated carbocycles. The van der Waals surface area contributed by atoms with Crippen LogP contribution in [0.3, 0.4) is 0 Å². The van der Waals surface area contributed by atoms with Gasteiger partial charge in [-0.3, -0.25) is 24.3 Å². The maximum Gasteiger partial charge on any atom is 0.307 e. The number of carbonyl (C=O) groups is 1. The number of anilines is 1. The number of hydrogen-bond donors (Lipinski definition) is 1. The summed E-state index contributed by atoms with van der Waals surface area (Å²) in [5.74, 6) is -0.496. The molecule has 0 aliphatic heterocycles. The molecule has 162 valence electrons. The number of halogens is 2. The molecule has 1 amide bonds. The van der Waals surface area contributed by atoms with E-state index in [1.807, 2.05) is 0 Å². The second-order valence-electron chi connectivity index (χ2n) is 6.95. The van der Waals surface area contributed by atoms with Crippen molar-refractivity contribution in [3.63, 3.8) is 0 Å². The lowest BCUT2D eigenvalue weighted by Crippen LogP contribution is -2.13. The summed E-state index contributed by atoms with van der Waals surface area (Å²) in [5.41, 5.74) is 1.96. The summed E-state index contributed by atoms with van der Waals surface area (Å²) in [4.78, 5) is 22.8. The van der Waals surface area contributed by atoms with Crippen LogP contribution in [0.25, 0.3) is 0 Å². The van der Waals surface area contributed by atoms with Gasteiger partial charge in [-0.25, -0.2) is 4.39 Å². The summed E-state index contributed by atoms with van der Waals surface area (Å²) >= 11 is 6.19. The molecule has 1 N–H and O–H groups in total. The topological polar surface area (TPSA) is 108 Å². The van der Waals surface area contributed by atoms with Crippen molar-refractivity contribution in [2.75, 3.05) is 5.32 Å². The van der Waals surface area contributed by atoms with Crippen LogP contribution >= 0.6 is 11.6 Å². The highest BCUT2D eigenvalue weighted by Gasteiger charge is 2.13. The van der Waals surface area contributed by atoms with E-state index in [4.69, 9.17) is 11.6 Å². The Balaban J connectivity index is 1.39. The highest BCUT2D eigenvalue weighted by Crippen LogP contribution is 2.21. The van der Waals surface area contributed by atoms with Crippen molar-refractivity contribution in [1.29, 1.82) is 0 Å². The second kappa shape index (κ2) is 8.98. The van der Waals surface area contributed by atoms with E-state index in [1.165, 1.54) is 29.2 Å². The monoisotopic (exact) mass is 454 g/mol. The predicted molar refractivity (Wildman–Crippen MR) is 115 cm³/mol. The van der Waals surface area contributed by atoms with Crippen LogP contribution in [0.4, 0.5) is 15.9 Å². The summed E-state index contributed by atoms with van der Waals surface area (Å²) in [6.45, 7) is 0.700. The number of amides is 1. The third kappa shape index (κ3) is 4.98. The van der Waals surface area contributed by atoms with E-state index in [9.17, 15) is 19.3 Å². The molecule has 4 aromatic rings. The van der Waals surface area contributed by atoms with E-state index < -0.39 is 4.92 Å². The SMILES string of the molecule is O=C(Nc1nn(Cc2ccc(F)cc2)cc1Cl)c1ccc(Cn2cc([N+](=O)[O-])cn2)cc1. The molecule has 0 aliphatic rings. The van der Waals surface area contributed by atoms with Gasteiger partial charge in [0.25, 0.3) is 5.91 Å². The van der Waals surface area contributed by atoms with Crippen LogP contribution in [0.15, 0.2) is 67.1 Å². The molecule has 0 bridgehead atoms. The highest BCUT2D eigenvalue weighted by atomic mass is 35.5. The minimum absolute atomic E-state index is 0.0864. The van der Waals surface area contributed by atoms with Gasteiger partial charge in [0.2, 0.25) is 0 Å². The summed E-state index contributed by atoms with van der Waals surface area (Å²) in [6, 6.07) is 12.7. The maximum absolute atomic E-state index is 13.0. The molecule has 0 fully saturated rings. The number of benzene rings is 2. The van der Waals surface area contributed by atoms with Gasteiger partial charge in [-0.1, -0.05) is 35.9 Å². The molecule has 9 nitrogen and oxygen atoms in total. The number of nitro groups is 1. The van der Waals surface area contributed by atoms with Crippen LogP contribution in [-0.2, 0) is 13.1 Å². The standard InChI is InChI=1S/C21H16ClFN6O3/c22-19-13-28(11-15-3-7-17(23)8-4-15)26-20(19)25-21(30)16-5-1-14(2-6-16)10-27-12-18(9-24-27)29(31)32/h1-9,12-13H,10-11H2,(H,25,26,30). The number of nitrogens with zero attached hydrogens (tertiary/aromatic N) is 5. The number of rotatable bonds is 7. The van der Waals surface area contributed by atoms with E-state index in [1.54, 1.807) is 47.3 Å². The molecule has 0 aliphatic carbocycles. The summed E-state index contributed by atoms with van der Waals surface area (Å²) in [5, 5.41) is 21.9. The van der Waals surface area contributed by atoms with Crippen LogP contribution in [0.5, 0.6) is 0 Å². The molecule has 2 aromatic heterocycles. The molecule has 0 spiro atoms. The van der Waals surface area contributed by atoms with Crippen LogP contribution in [0.1, 0.15) is 21.5 Å². The van der Waals surface area contributed by atoms with E-state index in [0.717, 1.165) is 11.1 Å². The van der Waals surface area contributed by atoms with Crippen LogP contribution < -0.4 is 5.32 Å². The average Bonchev–Trinajstić information content (AvgIpc) is 3.37. The first-order chi connectivity index (χ1) is 15.4. The van der Waals surface area contributed by atoms with Gasteiger partial charge >= 0.3 is 5.69 Å². The van der Waals surface area contributed by atoms with E-state index in [2.05, 4.69) is 15.5 Å². The Bertz CT molecular complexity index is 1270. The molecule has 0 unspecified atom stereocenters. The Morgan fingerprint density at radius 1 is 1.03 bits per heavy atom. The Labute approximate surface area is 186 Å². The molecule has 2 aromatic carbocycles. The lowest BCUT2D eigenvalue weighted by molar-refractivity contribution is -0.385. The largest absolute Gasteiger partial charge is 0.307 e. The molecule has 0 radical (unpaired) electrons. The van der Waals surface area contributed by atoms with E-state index >= 15 is 0 Å². The van der Waals surface area contributed by atoms with Gasteiger partial charge in [-0.2, -0.15) is 10.2 Å². The zero-order chi connectivity index (χ0) is 22.7. The normalized spacial score (nSPS) is 10.8. The van der Waals surface area contributed by atoms with Crippen molar-refractivity contribution < 1.29 is 14.1 Å². The van der Waals surface area contributed by atoms with Gasteiger partial charge in [-0.05, 0) is 35.4 Å². The Morgan fingerprint density at radius 3 is 2.28 bits per heavy atom. The minimum atomic E-state index is -0.511. The summed E-state index contributed by atoms with van der Waals surface area (Å²) < 4.78 is 16.0. The Hall–Kier alpha value is -4.05. The maximum atomic E-state index is 13.0. The fourth-order valence-corrected chi connectivity index (χ4v) is 3.20. The van der Waals surface area contributed by atoms with Crippen molar-refractivity contribution in [2.45, 2.75) is 13.1 Å². The van der Waals surface area contributed by atoms with Gasteiger partial charge in [0.15, 0.2) is 5.82 Å². The third-order valence-corrected chi connectivity index (χ3v) is 4.87. The van der Waals surface area contributed by atoms with Gasteiger partial charge < -0.3 is 5.32 Å². The third-order valence-electron chi connectivity index (χ3n) is 4.60. The van der Waals surface area contributed by atoms with Gasteiger partial charge in [0.05, 0.1) is 18.0 Å². The molecule has 11 heteroatoms. The van der Waals surface area contributed by atoms with Crippen LogP contribution in [0, 0.1) is 15.9 Å². The molecule has 2 heterocycles. The van der Waals surface area contributed by atoms with E-state index in [-0.39, 0.29) is 28.3 Å². The van der Waals surface area contributed by atoms with Crippen molar-refractivity contribution in [2.24, 2.45) is 0 Å². The lowest BCUT2D eigenvalue weighted by atomic mass is 10.1. The van der Waals surface area contributed by atoms with Crippen molar-refractivity contribution in [1.82, 2.24) is 19.6 Å². The first kappa shape index (κ1) is 21.2. The molecular formula is C21H16ClFN6O3. The minimum Gasteiger partial charge on any atom is -0.304 e. The molecule has 0 saturated heterocycles. The molecular weight excluding hydrogens is 439 g/mol. The van der Waals surface area contributed by atoms with Crippen molar-refractivity contribution in [3.05, 3.63) is 105 Å². The molecule has 32 heavy (non-hydrogen) atoms.